The van der Waals surface area contributed by atoms with Crippen molar-refractivity contribution in [2.45, 2.75) is 52.4 Å². The molecule has 0 atom stereocenters. The van der Waals surface area contributed by atoms with Gasteiger partial charge in [-0.1, -0.05) is 63.1 Å². The van der Waals surface area contributed by atoms with Gasteiger partial charge in [-0.25, -0.2) is 0 Å². The van der Waals surface area contributed by atoms with E-state index in [1.165, 1.54) is 49.3 Å². The van der Waals surface area contributed by atoms with E-state index in [0.717, 1.165) is 0 Å². The van der Waals surface area contributed by atoms with Gasteiger partial charge in [0, 0.05) is 10.4 Å². The molecule has 2 aromatic rings. The summed E-state index contributed by atoms with van der Waals surface area (Å²) in [6.45, 7) is 4.55. The summed E-state index contributed by atoms with van der Waals surface area (Å²) >= 11 is 0. The second kappa shape index (κ2) is 14.6. The van der Waals surface area contributed by atoms with Gasteiger partial charge < -0.3 is 9.11 Å². The first-order valence-corrected chi connectivity index (χ1v) is 9.36. The quantitative estimate of drug-likeness (QED) is 0.335. The van der Waals surface area contributed by atoms with Crippen molar-refractivity contribution >= 4 is 21.2 Å². The third-order valence-corrected chi connectivity index (χ3v) is 3.72. The van der Waals surface area contributed by atoms with Gasteiger partial charge in [-0.2, -0.15) is 0 Å². The van der Waals surface area contributed by atoms with Crippen LogP contribution in [0, 0.1) is 0 Å². The number of benzene rings is 2. The molecule has 0 heterocycles. The molecule has 0 radical (unpaired) electrons. The van der Waals surface area contributed by atoms with Gasteiger partial charge in [0.25, 0.3) is 0 Å². The molecule has 2 aromatic carbocycles. The van der Waals surface area contributed by atoms with Gasteiger partial charge in [-0.15, -0.1) is 0 Å². The molecule has 4 nitrogen and oxygen atoms in total. The first-order valence-electron chi connectivity index (χ1n) is 8.03. The molecule has 0 saturated heterocycles. The predicted molar refractivity (Wildman–Crippen MR) is 91.6 cm³/mol. The largest absolute Gasteiger partial charge is 1.00 e. The van der Waals surface area contributed by atoms with E-state index in [-0.39, 0.29) is 59.1 Å². The van der Waals surface area contributed by atoms with E-state index >= 15 is 0 Å². The molecule has 0 aliphatic carbocycles. The molecule has 25 heavy (non-hydrogen) atoms. The third kappa shape index (κ3) is 11.8. The van der Waals surface area contributed by atoms with Crippen LogP contribution in [-0.4, -0.2) is 17.5 Å². The fourth-order valence-electron chi connectivity index (χ4n) is 2.63. The Hall–Kier alpha value is 0.570. The van der Waals surface area contributed by atoms with Crippen molar-refractivity contribution in [3.05, 3.63) is 47.5 Å². The Morgan fingerprint density at radius 2 is 1.36 bits per heavy atom. The van der Waals surface area contributed by atoms with E-state index in [9.17, 15) is 0 Å². The smallest absolute Gasteiger partial charge is 0.759 e. The van der Waals surface area contributed by atoms with Gasteiger partial charge in [-0.05, 0) is 47.6 Å². The summed E-state index contributed by atoms with van der Waals surface area (Å²) in [6, 6.07) is 13.5. The van der Waals surface area contributed by atoms with E-state index in [1.54, 1.807) is 11.1 Å². The molecule has 0 unspecified atom stereocenters. The zero-order valence-electron chi connectivity index (χ0n) is 15.7. The average Bonchev–Trinajstić information content (AvgIpc) is 2.49. The Bertz CT molecular complexity index is 710. The first-order chi connectivity index (χ1) is 10.9. The van der Waals surface area contributed by atoms with Crippen LogP contribution in [0.2, 0.25) is 0 Å². The third-order valence-electron chi connectivity index (χ3n) is 3.72. The summed E-state index contributed by atoms with van der Waals surface area (Å²) in [7, 11) is -5.17. The molecule has 7 heteroatoms. The Kier molecular flexibility index (Phi) is 16.2. The summed E-state index contributed by atoms with van der Waals surface area (Å²) in [5, 5.41) is 2.86. The molecule has 0 N–H and O–H groups in total. The number of hydrogen-bond donors (Lipinski definition) is 0. The summed E-state index contributed by atoms with van der Waals surface area (Å²) in [4.78, 5) is 0. The number of fused-ring (bicyclic) bond motifs is 1. The van der Waals surface area contributed by atoms with Crippen LogP contribution in [0.25, 0.3) is 10.8 Å². The maximum absolute atomic E-state index is 8.52. The Morgan fingerprint density at radius 3 is 1.92 bits per heavy atom. The second-order valence-electron chi connectivity index (χ2n) is 5.54. The van der Waals surface area contributed by atoms with Crippen LogP contribution in [0.1, 0.15) is 50.7 Å². The molecular weight excluding hydrogens is 358 g/mol. The molecule has 0 fully saturated rings. The van der Waals surface area contributed by atoms with Crippen molar-refractivity contribution in [2.24, 2.45) is 0 Å². The molecule has 0 aromatic heterocycles. The molecule has 0 aliphatic rings. The van der Waals surface area contributed by atoms with Crippen LogP contribution in [0.5, 0.6) is 0 Å². The Balaban J connectivity index is 0. The molecule has 2 rings (SSSR count). The summed E-state index contributed by atoms with van der Waals surface area (Å²) in [5.41, 5.74) is 3.17. The number of aryl methyl sites for hydroxylation is 2. The predicted octanol–water partition coefficient (Wildman–Crippen LogP) is -1.80. The zero-order chi connectivity index (χ0) is 17.3. The first kappa shape index (κ1) is 27.8. The SMILES string of the molecule is CCCCc1ccc2ccccc2c1CCCC.O=S(=O)([O-])[O-].[Na+].[Na+]. The van der Waals surface area contributed by atoms with Crippen molar-refractivity contribution in [3.63, 3.8) is 0 Å². The van der Waals surface area contributed by atoms with E-state index in [4.69, 9.17) is 17.5 Å². The Morgan fingerprint density at radius 1 is 0.840 bits per heavy atom. The minimum absolute atomic E-state index is 0. The van der Waals surface area contributed by atoms with Crippen LogP contribution in [0.15, 0.2) is 36.4 Å². The minimum atomic E-state index is -5.17. The molecular formula is C18H24Na2O4S. The summed E-state index contributed by atoms with van der Waals surface area (Å²) in [5.74, 6) is 0. The van der Waals surface area contributed by atoms with Gasteiger partial charge in [0.1, 0.15) is 0 Å². The number of rotatable bonds is 6. The van der Waals surface area contributed by atoms with Gasteiger partial charge in [0.15, 0.2) is 0 Å². The molecule has 0 spiro atoms. The van der Waals surface area contributed by atoms with E-state index in [1.807, 2.05) is 0 Å². The molecule has 0 bridgehead atoms. The van der Waals surface area contributed by atoms with Gasteiger partial charge in [-0.3, -0.25) is 8.42 Å². The van der Waals surface area contributed by atoms with Crippen molar-refractivity contribution in [1.82, 2.24) is 0 Å². The standard InChI is InChI=1S/C18H24.2Na.H2O4S/c1-3-5-9-15-13-14-16-10-7-8-12-18(16)17(15)11-6-4-2;;;1-5(2,3)4/h7-8,10,12-14H,3-6,9,11H2,1-2H3;;;(H2,1,2,3,4)/q;2*+1;/p-2. The fourth-order valence-corrected chi connectivity index (χ4v) is 2.63. The fraction of sp³-hybridized carbons (Fsp3) is 0.444. The van der Waals surface area contributed by atoms with Crippen LogP contribution < -0.4 is 59.1 Å². The molecule has 0 aliphatic heterocycles. The van der Waals surface area contributed by atoms with Crippen LogP contribution in [-0.2, 0) is 23.2 Å². The van der Waals surface area contributed by atoms with Crippen LogP contribution in [0.4, 0.5) is 0 Å². The number of hydrogen-bond acceptors (Lipinski definition) is 4. The number of unbranched alkanes of at least 4 members (excludes halogenated alkanes) is 2. The van der Waals surface area contributed by atoms with Gasteiger partial charge in [0.05, 0.1) is 0 Å². The van der Waals surface area contributed by atoms with Crippen LogP contribution in [0.3, 0.4) is 0 Å². The minimum Gasteiger partial charge on any atom is -0.759 e. The molecule has 128 valence electrons. The normalized spacial score (nSPS) is 10.2. The second-order valence-corrected chi connectivity index (χ2v) is 6.36. The van der Waals surface area contributed by atoms with E-state index in [0.29, 0.717) is 0 Å². The maximum atomic E-state index is 8.52. The maximum Gasteiger partial charge on any atom is 1.00 e. The Labute approximate surface area is 195 Å². The van der Waals surface area contributed by atoms with Crippen molar-refractivity contribution in [1.29, 1.82) is 0 Å². The van der Waals surface area contributed by atoms with E-state index in [2.05, 4.69) is 50.2 Å². The van der Waals surface area contributed by atoms with E-state index < -0.39 is 10.4 Å². The van der Waals surface area contributed by atoms with Gasteiger partial charge in [0.2, 0.25) is 0 Å². The van der Waals surface area contributed by atoms with Crippen LogP contribution >= 0.6 is 0 Å². The van der Waals surface area contributed by atoms with Crippen molar-refractivity contribution < 1.29 is 76.6 Å². The topological polar surface area (TPSA) is 80.3 Å². The summed E-state index contributed by atoms with van der Waals surface area (Å²) in [6.07, 6.45) is 7.62. The zero-order valence-corrected chi connectivity index (χ0v) is 20.6. The van der Waals surface area contributed by atoms with Gasteiger partial charge >= 0.3 is 59.1 Å². The average molecular weight is 382 g/mol. The molecule has 0 saturated carbocycles. The van der Waals surface area contributed by atoms with Crippen molar-refractivity contribution in [2.75, 3.05) is 0 Å². The van der Waals surface area contributed by atoms with Crippen molar-refractivity contribution in [3.8, 4) is 0 Å². The summed E-state index contributed by atoms with van der Waals surface area (Å²) < 4.78 is 34.1. The molecule has 0 amide bonds. The monoisotopic (exact) mass is 382 g/mol.